The Balaban J connectivity index is 1.25. The third kappa shape index (κ3) is 4.00. The van der Waals surface area contributed by atoms with Crippen LogP contribution < -0.4 is 0 Å². The van der Waals surface area contributed by atoms with Crippen molar-refractivity contribution in [1.82, 2.24) is 24.8 Å². The van der Waals surface area contributed by atoms with Crippen LogP contribution in [0, 0.1) is 11.8 Å². The largest absolute Gasteiger partial charge is 0.349 e. The van der Waals surface area contributed by atoms with Gasteiger partial charge in [-0.05, 0) is 36.4 Å². The van der Waals surface area contributed by atoms with Gasteiger partial charge >= 0.3 is 0 Å². The summed E-state index contributed by atoms with van der Waals surface area (Å²) >= 11 is 0. The predicted octanol–water partition coefficient (Wildman–Crippen LogP) is 3.41. The van der Waals surface area contributed by atoms with Gasteiger partial charge in [0.25, 0.3) is 0 Å². The van der Waals surface area contributed by atoms with E-state index in [9.17, 15) is 4.79 Å². The third-order valence-electron chi connectivity index (χ3n) is 6.86. The van der Waals surface area contributed by atoms with Crippen molar-refractivity contribution in [1.29, 1.82) is 0 Å². The second-order valence-corrected chi connectivity index (χ2v) is 9.04. The Hall–Kier alpha value is -2.99. The molecule has 3 fully saturated rings. The van der Waals surface area contributed by atoms with Crippen LogP contribution in [-0.2, 0) is 11.3 Å². The van der Waals surface area contributed by atoms with Crippen LogP contribution >= 0.6 is 0 Å². The maximum Gasteiger partial charge on any atom is 0.226 e. The SMILES string of the molecule is CN(C)C(=O)[C@@H]1CN2CC[C@@H]1C[C@@H]2Cn1cc(-c2ccc(-c3ccccc3)cc2)nn1. The van der Waals surface area contributed by atoms with Crippen molar-refractivity contribution >= 4 is 5.91 Å². The minimum Gasteiger partial charge on any atom is -0.349 e. The summed E-state index contributed by atoms with van der Waals surface area (Å²) in [4.78, 5) is 16.7. The molecular weight excluding hydrogens is 386 g/mol. The minimum absolute atomic E-state index is 0.148. The Morgan fingerprint density at radius 2 is 1.74 bits per heavy atom. The first kappa shape index (κ1) is 19.9. The number of nitrogens with zero attached hydrogens (tertiary/aromatic N) is 5. The van der Waals surface area contributed by atoms with Gasteiger partial charge in [-0.15, -0.1) is 5.10 Å². The van der Waals surface area contributed by atoms with Gasteiger partial charge in [0.05, 0.1) is 18.7 Å². The Labute approximate surface area is 183 Å². The Morgan fingerprint density at radius 3 is 2.42 bits per heavy atom. The van der Waals surface area contributed by atoms with Crippen molar-refractivity contribution in [3.8, 4) is 22.4 Å². The molecule has 6 nitrogen and oxygen atoms in total. The lowest BCUT2D eigenvalue weighted by Crippen LogP contribution is -2.57. The highest BCUT2D eigenvalue weighted by Gasteiger charge is 2.43. The molecule has 1 aromatic heterocycles. The van der Waals surface area contributed by atoms with Gasteiger partial charge in [-0.2, -0.15) is 0 Å². The average Bonchev–Trinajstić information content (AvgIpc) is 3.28. The van der Waals surface area contributed by atoms with Crippen LogP contribution in [0.15, 0.2) is 60.8 Å². The fourth-order valence-corrected chi connectivity index (χ4v) is 5.14. The number of fused-ring (bicyclic) bond motifs is 3. The first-order valence-electron chi connectivity index (χ1n) is 11.1. The van der Waals surface area contributed by atoms with Crippen molar-refractivity contribution in [2.75, 3.05) is 27.2 Å². The molecule has 6 rings (SSSR count). The summed E-state index contributed by atoms with van der Waals surface area (Å²) in [5.41, 5.74) is 4.39. The van der Waals surface area contributed by atoms with Crippen LogP contribution in [0.1, 0.15) is 12.8 Å². The molecule has 4 heterocycles. The third-order valence-corrected chi connectivity index (χ3v) is 6.86. The van der Waals surface area contributed by atoms with Crippen LogP contribution in [0.4, 0.5) is 0 Å². The van der Waals surface area contributed by atoms with Gasteiger partial charge in [-0.1, -0.05) is 59.8 Å². The predicted molar refractivity (Wildman–Crippen MR) is 121 cm³/mol. The van der Waals surface area contributed by atoms with Crippen molar-refractivity contribution in [3.05, 3.63) is 60.8 Å². The molecule has 3 saturated heterocycles. The number of hydrogen-bond acceptors (Lipinski definition) is 4. The van der Waals surface area contributed by atoms with Crippen molar-refractivity contribution < 1.29 is 4.79 Å². The van der Waals surface area contributed by atoms with Crippen LogP contribution in [0.5, 0.6) is 0 Å². The molecule has 31 heavy (non-hydrogen) atoms. The van der Waals surface area contributed by atoms with E-state index >= 15 is 0 Å². The van der Waals surface area contributed by atoms with E-state index < -0.39 is 0 Å². The molecule has 0 aliphatic carbocycles. The number of aromatic nitrogens is 3. The molecule has 0 N–H and O–H groups in total. The van der Waals surface area contributed by atoms with E-state index in [1.54, 1.807) is 4.90 Å². The van der Waals surface area contributed by atoms with E-state index in [2.05, 4.69) is 63.7 Å². The fraction of sp³-hybridized carbons (Fsp3) is 0.400. The highest BCUT2D eigenvalue weighted by atomic mass is 16.2. The number of amides is 1. The lowest BCUT2D eigenvalue weighted by atomic mass is 9.75. The number of rotatable bonds is 5. The summed E-state index contributed by atoms with van der Waals surface area (Å²) < 4.78 is 1.97. The molecule has 0 saturated carbocycles. The van der Waals surface area contributed by atoms with E-state index in [1.807, 2.05) is 31.0 Å². The van der Waals surface area contributed by atoms with Gasteiger partial charge in [0.15, 0.2) is 0 Å². The topological polar surface area (TPSA) is 54.3 Å². The van der Waals surface area contributed by atoms with Crippen LogP contribution in [0.25, 0.3) is 22.4 Å². The van der Waals surface area contributed by atoms with Crippen molar-refractivity contribution in [2.45, 2.75) is 25.4 Å². The molecule has 0 spiro atoms. The standard InChI is InChI=1S/C25H29N5O/c1-28(2)25(31)23-16-29-13-12-21(23)14-22(29)15-30-17-24(26-27-30)20-10-8-19(9-11-20)18-6-4-3-5-7-18/h3-11,17,21-23H,12-16H2,1-2H3/t21-,22-,23-/m1/s1. The summed E-state index contributed by atoms with van der Waals surface area (Å²) in [5, 5.41) is 8.81. The second-order valence-electron chi connectivity index (χ2n) is 9.04. The monoisotopic (exact) mass is 415 g/mol. The summed E-state index contributed by atoms with van der Waals surface area (Å²) in [5.74, 6) is 0.906. The molecule has 0 radical (unpaired) electrons. The Morgan fingerprint density at radius 1 is 1.03 bits per heavy atom. The van der Waals surface area contributed by atoms with Gasteiger partial charge in [0, 0.05) is 32.2 Å². The summed E-state index contributed by atoms with van der Waals surface area (Å²) in [7, 11) is 3.72. The number of carbonyl (C=O) groups excluding carboxylic acids is 1. The molecule has 6 heteroatoms. The van der Waals surface area contributed by atoms with E-state index in [0.717, 1.165) is 43.7 Å². The maximum atomic E-state index is 12.5. The fourth-order valence-electron chi connectivity index (χ4n) is 5.14. The van der Waals surface area contributed by atoms with Gasteiger partial charge in [-0.25, -0.2) is 0 Å². The van der Waals surface area contributed by atoms with Crippen LogP contribution in [-0.4, -0.2) is 63.9 Å². The maximum absolute atomic E-state index is 12.5. The molecule has 1 amide bonds. The quantitative estimate of drug-likeness (QED) is 0.641. The van der Waals surface area contributed by atoms with Crippen LogP contribution in [0.3, 0.4) is 0 Å². The van der Waals surface area contributed by atoms with E-state index in [-0.39, 0.29) is 11.8 Å². The van der Waals surface area contributed by atoms with Crippen molar-refractivity contribution in [3.63, 3.8) is 0 Å². The molecule has 2 aromatic carbocycles. The van der Waals surface area contributed by atoms with Crippen molar-refractivity contribution in [2.24, 2.45) is 11.8 Å². The molecule has 2 bridgehead atoms. The second kappa shape index (κ2) is 8.27. The summed E-state index contributed by atoms with van der Waals surface area (Å²) in [6.45, 7) is 2.78. The molecule has 160 valence electrons. The first-order chi connectivity index (χ1) is 15.1. The highest BCUT2D eigenvalue weighted by Crippen LogP contribution is 2.37. The number of hydrogen-bond donors (Lipinski definition) is 0. The minimum atomic E-state index is 0.148. The average molecular weight is 416 g/mol. The van der Waals surface area contributed by atoms with E-state index in [4.69, 9.17) is 0 Å². The highest BCUT2D eigenvalue weighted by molar-refractivity contribution is 5.79. The lowest BCUT2D eigenvalue weighted by molar-refractivity contribution is -0.141. The smallest absolute Gasteiger partial charge is 0.226 e. The summed E-state index contributed by atoms with van der Waals surface area (Å²) in [6.07, 6.45) is 4.23. The zero-order valence-corrected chi connectivity index (χ0v) is 18.2. The summed E-state index contributed by atoms with van der Waals surface area (Å²) in [6, 6.07) is 19.3. The molecule has 1 unspecified atom stereocenters. The Kier molecular flexibility index (Phi) is 5.32. The number of piperidine rings is 3. The van der Waals surface area contributed by atoms with Gasteiger partial charge in [0.2, 0.25) is 5.91 Å². The molecule has 4 atom stereocenters. The Bertz CT molecular complexity index is 1040. The first-order valence-corrected chi connectivity index (χ1v) is 11.1. The van der Waals surface area contributed by atoms with Gasteiger partial charge in [0.1, 0.15) is 5.69 Å². The number of carbonyl (C=O) groups is 1. The zero-order valence-electron chi connectivity index (χ0n) is 18.2. The zero-order chi connectivity index (χ0) is 21.4. The van der Waals surface area contributed by atoms with E-state index in [1.165, 1.54) is 11.1 Å². The molecule has 3 aromatic rings. The van der Waals surface area contributed by atoms with E-state index in [0.29, 0.717) is 12.0 Å². The molecular formula is C25H29N5O. The van der Waals surface area contributed by atoms with Crippen LogP contribution in [0.2, 0.25) is 0 Å². The lowest BCUT2D eigenvalue weighted by Gasteiger charge is -2.49. The van der Waals surface area contributed by atoms with Gasteiger partial charge < -0.3 is 4.90 Å². The number of benzene rings is 2. The van der Waals surface area contributed by atoms with Gasteiger partial charge in [-0.3, -0.25) is 14.4 Å². The molecule has 3 aliphatic heterocycles. The normalized spacial score (nSPS) is 24.8. The molecule has 3 aliphatic rings.